The van der Waals surface area contributed by atoms with E-state index in [1.165, 1.54) is 69.2 Å². The van der Waals surface area contributed by atoms with Gasteiger partial charge in [-0.3, -0.25) is 0 Å². The summed E-state index contributed by atoms with van der Waals surface area (Å²) in [6, 6.07) is 3.05. The van der Waals surface area contributed by atoms with E-state index in [2.05, 4.69) is 27.3 Å². The third kappa shape index (κ3) is 4.00. The standard InChI is InChI=1S/C16H23BrClNS/c17-14-11-13(20-15(14)18)5-8-16(6-1-2-7-16)9-10-19-12-3-4-12/h11-12,19H,1-10H2. The molecular weight excluding hydrogens is 354 g/mol. The number of nitrogens with one attached hydrogen (secondary N) is 1. The van der Waals surface area contributed by atoms with Crippen molar-refractivity contribution in [3.8, 4) is 0 Å². The van der Waals surface area contributed by atoms with Crippen LogP contribution in [0.3, 0.4) is 0 Å². The van der Waals surface area contributed by atoms with Gasteiger partial charge >= 0.3 is 0 Å². The van der Waals surface area contributed by atoms with Gasteiger partial charge in [-0.1, -0.05) is 24.4 Å². The molecule has 2 aliphatic rings. The molecule has 1 nitrogen and oxygen atoms in total. The smallest absolute Gasteiger partial charge is 0.107 e. The van der Waals surface area contributed by atoms with Crippen molar-refractivity contribution in [2.45, 2.75) is 63.8 Å². The largest absolute Gasteiger partial charge is 0.314 e. The van der Waals surface area contributed by atoms with Crippen molar-refractivity contribution in [1.82, 2.24) is 5.32 Å². The Kier molecular flexibility index (Phi) is 5.12. The molecule has 0 amide bonds. The lowest BCUT2D eigenvalue weighted by Crippen LogP contribution is -2.26. The van der Waals surface area contributed by atoms with Crippen LogP contribution in [-0.4, -0.2) is 12.6 Å². The second-order valence-electron chi connectivity index (χ2n) is 6.52. The second-order valence-corrected chi connectivity index (χ2v) is 9.11. The van der Waals surface area contributed by atoms with Crippen LogP contribution in [0.15, 0.2) is 10.5 Å². The molecule has 0 radical (unpaired) electrons. The summed E-state index contributed by atoms with van der Waals surface area (Å²) in [6.45, 7) is 1.22. The highest BCUT2D eigenvalue weighted by Gasteiger charge is 2.33. The predicted octanol–water partition coefficient (Wildman–Crippen LogP) is 5.80. The van der Waals surface area contributed by atoms with Gasteiger partial charge in [-0.25, -0.2) is 0 Å². The van der Waals surface area contributed by atoms with E-state index in [-0.39, 0.29) is 0 Å². The number of hydrogen-bond donors (Lipinski definition) is 1. The Balaban J connectivity index is 1.52. The van der Waals surface area contributed by atoms with Gasteiger partial charge in [-0.15, -0.1) is 11.3 Å². The van der Waals surface area contributed by atoms with Crippen LogP contribution in [0.5, 0.6) is 0 Å². The molecule has 2 saturated carbocycles. The molecule has 112 valence electrons. The molecule has 1 aromatic heterocycles. The fraction of sp³-hybridized carbons (Fsp3) is 0.750. The van der Waals surface area contributed by atoms with E-state index in [0.29, 0.717) is 5.41 Å². The lowest BCUT2D eigenvalue weighted by atomic mass is 9.78. The molecule has 0 aliphatic heterocycles. The van der Waals surface area contributed by atoms with E-state index in [4.69, 9.17) is 11.6 Å². The molecule has 2 fully saturated rings. The fourth-order valence-electron chi connectivity index (χ4n) is 3.48. The molecular formula is C16H23BrClNS. The van der Waals surface area contributed by atoms with Crippen LogP contribution in [0.25, 0.3) is 0 Å². The predicted molar refractivity (Wildman–Crippen MR) is 91.9 cm³/mol. The van der Waals surface area contributed by atoms with Crippen molar-refractivity contribution < 1.29 is 0 Å². The molecule has 20 heavy (non-hydrogen) atoms. The summed E-state index contributed by atoms with van der Waals surface area (Å²) in [5.41, 5.74) is 0.602. The highest BCUT2D eigenvalue weighted by molar-refractivity contribution is 9.10. The molecule has 0 aromatic carbocycles. The van der Waals surface area contributed by atoms with Crippen molar-refractivity contribution in [3.05, 3.63) is 19.8 Å². The van der Waals surface area contributed by atoms with Crippen molar-refractivity contribution in [1.29, 1.82) is 0 Å². The maximum atomic E-state index is 6.15. The van der Waals surface area contributed by atoms with Crippen LogP contribution < -0.4 is 5.32 Å². The topological polar surface area (TPSA) is 12.0 Å². The molecule has 3 rings (SSSR count). The third-order valence-electron chi connectivity index (χ3n) is 4.93. The van der Waals surface area contributed by atoms with Crippen LogP contribution in [0, 0.1) is 5.41 Å². The highest BCUT2D eigenvalue weighted by atomic mass is 79.9. The summed E-state index contributed by atoms with van der Waals surface area (Å²) in [5.74, 6) is 0. The monoisotopic (exact) mass is 375 g/mol. The Hall–Kier alpha value is 0.430. The number of aryl methyl sites for hydroxylation is 1. The molecule has 0 saturated heterocycles. The number of halogens is 2. The molecule has 2 aliphatic carbocycles. The Morgan fingerprint density at radius 1 is 1.30 bits per heavy atom. The van der Waals surface area contributed by atoms with E-state index < -0.39 is 0 Å². The van der Waals surface area contributed by atoms with Crippen molar-refractivity contribution in [2.24, 2.45) is 5.41 Å². The first-order valence-corrected chi connectivity index (χ1v) is 9.83. The Bertz CT molecular complexity index is 430. The summed E-state index contributed by atoms with van der Waals surface area (Å²) in [4.78, 5) is 1.43. The lowest BCUT2D eigenvalue weighted by molar-refractivity contribution is 0.245. The zero-order chi connectivity index (χ0) is 14.0. The maximum Gasteiger partial charge on any atom is 0.107 e. The van der Waals surface area contributed by atoms with Crippen LogP contribution in [0.2, 0.25) is 4.34 Å². The van der Waals surface area contributed by atoms with Crippen LogP contribution in [0.4, 0.5) is 0 Å². The van der Waals surface area contributed by atoms with E-state index in [1.807, 2.05) is 0 Å². The van der Waals surface area contributed by atoms with E-state index in [0.717, 1.165) is 14.9 Å². The fourth-order valence-corrected chi connectivity index (χ4v) is 5.27. The number of hydrogen-bond acceptors (Lipinski definition) is 2. The van der Waals surface area contributed by atoms with Crippen LogP contribution >= 0.6 is 38.9 Å². The second kappa shape index (κ2) is 6.68. The average Bonchev–Trinajstić information content (AvgIpc) is 3.03. The third-order valence-corrected chi connectivity index (χ3v) is 7.46. The number of rotatable bonds is 7. The van der Waals surface area contributed by atoms with Crippen LogP contribution in [0.1, 0.15) is 56.2 Å². The van der Waals surface area contributed by atoms with Gasteiger partial charge in [-0.2, -0.15) is 0 Å². The van der Waals surface area contributed by atoms with Crippen molar-refractivity contribution in [2.75, 3.05) is 6.54 Å². The van der Waals surface area contributed by atoms with Gasteiger partial charge in [0, 0.05) is 15.4 Å². The number of thiophene rings is 1. The minimum atomic E-state index is 0.602. The van der Waals surface area contributed by atoms with Crippen molar-refractivity contribution in [3.63, 3.8) is 0 Å². The molecule has 0 unspecified atom stereocenters. The van der Waals surface area contributed by atoms with E-state index in [1.54, 1.807) is 11.3 Å². The molecule has 4 heteroatoms. The first-order chi connectivity index (χ1) is 9.67. The SMILES string of the molecule is Clc1sc(CCC2(CCNC3CC3)CCCC2)cc1Br. The van der Waals surface area contributed by atoms with Gasteiger partial charge in [0.25, 0.3) is 0 Å². The Morgan fingerprint density at radius 2 is 2.05 bits per heavy atom. The first-order valence-electron chi connectivity index (χ1n) is 7.84. The Labute approximate surface area is 139 Å². The quantitative estimate of drug-likeness (QED) is 0.634. The molecule has 0 bridgehead atoms. The molecule has 1 aromatic rings. The Morgan fingerprint density at radius 3 is 2.65 bits per heavy atom. The minimum absolute atomic E-state index is 0.602. The van der Waals surface area contributed by atoms with Gasteiger partial charge in [0.15, 0.2) is 0 Å². The average molecular weight is 377 g/mol. The van der Waals surface area contributed by atoms with Gasteiger partial charge in [0.05, 0.1) is 0 Å². The highest BCUT2D eigenvalue weighted by Crippen LogP contribution is 2.45. The summed E-state index contributed by atoms with van der Waals surface area (Å²) < 4.78 is 1.96. The summed E-state index contributed by atoms with van der Waals surface area (Å²) in [6.07, 6.45) is 12.4. The van der Waals surface area contributed by atoms with E-state index in [9.17, 15) is 0 Å². The van der Waals surface area contributed by atoms with Gasteiger partial charge in [0.1, 0.15) is 4.34 Å². The molecule has 1 heterocycles. The molecule has 0 spiro atoms. The van der Waals surface area contributed by atoms with Crippen molar-refractivity contribution >= 4 is 38.9 Å². The minimum Gasteiger partial charge on any atom is -0.314 e. The molecule has 0 atom stereocenters. The normalized spacial score (nSPS) is 21.5. The summed E-state index contributed by atoms with van der Waals surface area (Å²) in [7, 11) is 0. The van der Waals surface area contributed by atoms with Gasteiger partial charge in [-0.05, 0) is 78.9 Å². The van der Waals surface area contributed by atoms with Gasteiger partial charge in [0.2, 0.25) is 0 Å². The lowest BCUT2D eigenvalue weighted by Gasteiger charge is -2.29. The van der Waals surface area contributed by atoms with Gasteiger partial charge < -0.3 is 5.32 Å². The zero-order valence-electron chi connectivity index (χ0n) is 11.9. The molecule has 1 N–H and O–H groups in total. The summed E-state index contributed by atoms with van der Waals surface area (Å²) >= 11 is 11.4. The van der Waals surface area contributed by atoms with Crippen LogP contribution in [-0.2, 0) is 6.42 Å². The van der Waals surface area contributed by atoms with E-state index >= 15 is 0 Å². The summed E-state index contributed by atoms with van der Waals surface area (Å²) in [5, 5.41) is 3.69. The maximum absolute atomic E-state index is 6.15. The zero-order valence-corrected chi connectivity index (χ0v) is 15.0. The first kappa shape index (κ1) is 15.3.